The summed E-state index contributed by atoms with van der Waals surface area (Å²) in [6.07, 6.45) is 0. The highest BCUT2D eigenvalue weighted by Crippen LogP contribution is 2.33. The Hall–Kier alpha value is -1.58. The zero-order chi connectivity index (χ0) is 16.3. The molecule has 1 atom stereocenters. The highest BCUT2D eigenvalue weighted by atomic mass is 32.2. The summed E-state index contributed by atoms with van der Waals surface area (Å²) in [5.74, 6) is -1.16. The lowest BCUT2D eigenvalue weighted by Gasteiger charge is -2.08. The number of hydrogen-bond acceptors (Lipinski definition) is 5. The van der Waals surface area contributed by atoms with Gasteiger partial charge >= 0.3 is 5.97 Å². The minimum Gasteiger partial charge on any atom is -0.481 e. The number of fused-ring (bicyclic) bond motifs is 1. The highest BCUT2D eigenvalue weighted by molar-refractivity contribution is 8.00. The summed E-state index contributed by atoms with van der Waals surface area (Å²) < 4.78 is 26.8. The monoisotopic (exact) mass is 344 g/mol. The smallest absolute Gasteiger partial charge is 0.313 e. The first-order chi connectivity index (χ1) is 10.3. The Kier molecular flexibility index (Phi) is 5.09. The van der Waals surface area contributed by atoms with Crippen molar-refractivity contribution in [2.24, 2.45) is 0 Å². The van der Waals surface area contributed by atoms with Crippen LogP contribution in [0, 0.1) is 0 Å². The fourth-order valence-electron chi connectivity index (χ4n) is 2.05. The molecular formula is C13H16N2O5S2. The zero-order valence-electron chi connectivity index (χ0n) is 11.8. The summed E-state index contributed by atoms with van der Waals surface area (Å²) in [6.45, 7) is 1.86. The minimum absolute atomic E-state index is 0.0636. The second-order valence-electron chi connectivity index (χ2n) is 4.80. The van der Waals surface area contributed by atoms with Crippen molar-refractivity contribution in [2.75, 3.05) is 23.4 Å². The van der Waals surface area contributed by atoms with Crippen LogP contribution in [0.15, 0.2) is 23.1 Å². The number of thioether (sulfide) groups is 1. The van der Waals surface area contributed by atoms with Crippen LogP contribution < -0.4 is 10.0 Å². The van der Waals surface area contributed by atoms with Gasteiger partial charge < -0.3 is 10.4 Å². The summed E-state index contributed by atoms with van der Waals surface area (Å²) in [4.78, 5) is 22.0. The lowest BCUT2D eigenvalue weighted by atomic mass is 10.0. The first-order valence-corrected chi connectivity index (χ1v) is 9.19. The van der Waals surface area contributed by atoms with E-state index in [-0.39, 0.29) is 29.0 Å². The van der Waals surface area contributed by atoms with E-state index in [1.807, 2.05) is 0 Å². The number of nitrogens with one attached hydrogen (secondary N) is 2. The molecule has 7 nitrogen and oxygen atoms in total. The van der Waals surface area contributed by atoms with Crippen molar-refractivity contribution in [1.29, 1.82) is 0 Å². The van der Waals surface area contributed by atoms with Gasteiger partial charge in [0.15, 0.2) is 0 Å². The Morgan fingerprint density at radius 1 is 1.45 bits per heavy atom. The molecule has 1 unspecified atom stereocenters. The van der Waals surface area contributed by atoms with E-state index in [4.69, 9.17) is 5.11 Å². The van der Waals surface area contributed by atoms with Crippen LogP contribution in [0.25, 0.3) is 0 Å². The maximum absolute atomic E-state index is 12.2. The van der Waals surface area contributed by atoms with E-state index < -0.39 is 16.0 Å². The zero-order valence-corrected chi connectivity index (χ0v) is 13.5. The van der Waals surface area contributed by atoms with Gasteiger partial charge in [0.1, 0.15) is 0 Å². The number of hydrogen-bond donors (Lipinski definition) is 3. The SMILES string of the molecule is CC1C(=O)Nc2ccc(S(=O)(=O)NCCSCC(=O)O)cc21. The molecule has 0 radical (unpaired) electrons. The lowest BCUT2D eigenvalue weighted by Crippen LogP contribution is -2.26. The molecule has 0 fully saturated rings. The van der Waals surface area contributed by atoms with Gasteiger partial charge in [0.25, 0.3) is 0 Å². The van der Waals surface area contributed by atoms with E-state index in [1.165, 1.54) is 12.1 Å². The van der Waals surface area contributed by atoms with Crippen molar-refractivity contribution in [1.82, 2.24) is 4.72 Å². The molecule has 22 heavy (non-hydrogen) atoms. The number of amides is 1. The van der Waals surface area contributed by atoms with E-state index in [0.29, 0.717) is 17.0 Å². The average Bonchev–Trinajstić information content (AvgIpc) is 2.73. The molecule has 1 heterocycles. The Morgan fingerprint density at radius 3 is 2.86 bits per heavy atom. The second kappa shape index (κ2) is 6.67. The lowest BCUT2D eigenvalue weighted by molar-refractivity contribution is -0.133. The molecular weight excluding hydrogens is 328 g/mol. The number of aliphatic carboxylic acids is 1. The van der Waals surface area contributed by atoms with Crippen molar-refractivity contribution in [3.8, 4) is 0 Å². The van der Waals surface area contributed by atoms with Crippen molar-refractivity contribution < 1.29 is 23.1 Å². The van der Waals surface area contributed by atoms with Gasteiger partial charge in [-0.15, -0.1) is 11.8 Å². The first-order valence-electron chi connectivity index (χ1n) is 6.55. The van der Waals surface area contributed by atoms with E-state index in [1.54, 1.807) is 13.0 Å². The molecule has 0 spiro atoms. The summed E-state index contributed by atoms with van der Waals surface area (Å²) in [5, 5.41) is 11.2. The number of benzene rings is 1. The molecule has 9 heteroatoms. The molecule has 1 aromatic rings. The van der Waals surface area contributed by atoms with Gasteiger partial charge in [-0.3, -0.25) is 9.59 Å². The predicted molar refractivity (Wildman–Crippen MR) is 83.6 cm³/mol. The topological polar surface area (TPSA) is 113 Å². The molecule has 1 aromatic carbocycles. The third-order valence-electron chi connectivity index (χ3n) is 3.22. The summed E-state index contributed by atoms with van der Waals surface area (Å²) >= 11 is 1.14. The molecule has 3 N–H and O–H groups in total. The molecule has 0 saturated carbocycles. The van der Waals surface area contributed by atoms with Crippen molar-refractivity contribution >= 4 is 39.3 Å². The quantitative estimate of drug-likeness (QED) is 0.632. The third-order valence-corrected chi connectivity index (χ3v) is 5.62. The van der Waals surface area contributed by atoms with Gasteiger partial charge in [0, 0.05) is 18.0 Å². The van der Waals surface area contributed by atoms with Crippen LogP contribution in [0.1, 0.15) is 18.4 Å². The van der Waals surface area contributed by atoms with Crippen LogP contribution in [0.2, 0.25) is 0 Å². The van der Waals surface area contributed by atoms with Crippen molar-refractivity contribution in [3.63, 3.8) is 0 Å². The molecule has 1 aliphatic rings. The van der Waals surface area contributed by atoms with E-state index in [0.717, 1.165) is 11.8 Å². The molecule has 0 aliphatic carbocycles. The molecule has 0 aromatic heterocycles. The van der Waals surface area contributed by atoms with E-state index in [2.05, 4.69) is 10.0 Å². The molecule has 1 amide bonds. The fourth-order valence-corrected chi connectivity index (χ4v) is 3.81. The highest BCUT2D eigenvalue weighted by Gasteiger charge is 2.28. The van der Waals surface area contributed by atoms with Crippen molar-refractivity contribution in [2.45, 2.75) is 17.7 Å². The molecule has 120 valence electrons. The largest absolute Gasteiger partial charge is 0.481 e. The van der Waals surface area contributed by atoms with Gasteiger partial charge in [-0.2, -0.15) is 0 Å². The van der Waals surface area contributed by atoms with Crippen LogP contribution in [0.3, 0.4) is 0 Å². The maximum Gasteiger partial charge on any atom is 0.313 e. The standard InChI is InChI=1S/C13H16N2O5S2/c1-8-10-6-9(2-3-11(10)15-13(8)18)22(19,20)14-4-5-21-7-12(16)17/h2-3,6,8,14H,4-5,7H2,1H3,(H,15,18)(H,16,17). The van der Waals surface area contributed by atoms with Crippen LogP contribution in [0.4, 0.5) is 5.69 Å². The molecule has 2 rings (SSSR count). The third kappa shape index (κ3) is 3.79. The Labute approximate surface area is 132 Å². The number of carboxylic acid groups (broad SMARTS) is 1. The van der Waals surface area contributed by atoms with Crippen LogP contribution in [0.5, 0.6) is 0 Å². The normalized spacial score (nSPS) is 17.1. The first kappa shape index (κ1) is 16.8. The average molecular weight is 344 g/mol. The summed E-state index contributed by atoms with van der Waals surface area (Å²) in [5.41, 5.74) is 1.29. The van der Waals surface area contributed by atoms with E-state index >= 15 is 0 Å². The second-order valence-corrected chi connectivity index (χ2v) is 7.68. The van der Waals surface area contributed by atoms with Crippen LogP contribution in [-0.2, 0) is 19.6 Å². The van der Waals surface area contributed by atoms with Gasteiger partial charge in [0.05, 0.1) is 16.6 Å². The maximum atomic E-state index is 12.2. The Balaban J connectivity index is 2.02. The fraction of sp³-hybridized carbons (Fsp3) is 0.385. The predicted octanol–water partition coefficient (Wildman–Crippen LogP) is 0.838. The Morgan fingerprint density at radius 2 is 2.18 bits per heavy atom. The number of rotatable bonds is 7. The van der Waals surface area contributed by atoms with Crippen LogP contribution in [-0.4, -0.2) is 43.5 Å². The van der Waals surface area contributed by atoms with Crippen molar-refractivity contribution in [3.05, 3.63) is 23.8 Å². The van der Waals surface area contributed by atoms with E-state index in [9.17, 15) is 18.0 Å². The van der Waals surface area contributed by atoms with Gasteiger partial charge in [-0.05, 0) is 30.7 Å². The molecule has 1 aliphatic heterocycles. The van der Waals surface area contributed by atoms with Gasteiger partial charge in [-0.1, -0.05) is 0 Å². The number of carbonyl (C=O) groups is 2. The summed E-state index contributed by atoms with van der Waals surface area (Å²) in [7, 11) is -3.67. The number of carbonyl (C=O) groups excluding carboxylic acids is 1. The van der Waals surface area contributed by atoms with Gasteiger partial charge in [-0.25, -0.2) is 13.1 Å². The van der Waals surface area contributed by atoms with Crippen LogP contribution >= 0.6 is 11.8 Å². The number of sulfonamides is 1. The summed E-state index contributed by atoms with van der Waals surface area (Å²) in [6, 6.07) is 4.50. The molecule has 0 saturated heterocycles. The number of anilines is 1. The Bertz CT molecular complexity index is 702. The minimum atomic E-state index is -3.67. The number of carboxylic acids is 1. The molecule has 0 bridgehead atoms. The van der Waals surface area contributed by atoms with Gasteiger partial charge in [0.2, 0.25) is 15.9 Å².